The highest BCUT2D eigenvalue weighted by atomic mass is 35.5. The number of hydrogen-bond donors (Lipinski definition) is 2. The van der Waals surface area contributed by atoms with Crippen LogP contribution in [-0.4, -0.2) is 25.6 Å². The third-order valence-corrected chi connectivity index (χ3v) is 3.26. The minimum atomic E-state index is -1.08. The Bertz CT molecular complexity index is 826. The van der Waals surface area contributed by atoms with Gasteiger partial charge >= 0.3 is 5.97 Å². The molecule has 0 radical (unpaired) electrons. The monoisotopic (exact) mass is 288 g/mol. The standard InChI is InChI=1S/C14H9ClN2O3/c15-12-11-9(14(19)20)5-3-7-17(11)13(16-12)8-4-1-2-6-10(8)18/h1-7,18H,(H,19,20). The Hall–Kier alpha value is -2.53. The molecule has 0 unspecified atom stereocenters. The van der Waals surface area contributed by atoms with Gasteiger partial charge in [-0.1, -0.05) is 23.7 Å². The molecule has 0 saturated heterocycles. The second-order valence-electron chi connectivity index (χ2n) is 4.19. The summed E-state index contributed by atoms with van der Waals surface area (Å²) in [5.74, 6) is -0.635. The summed E-state index contributed by atoms with van der Waals surface area (Å²) < 4.78 is 1.56. The number of para-hydroxylation sites is 1. The number of carboxylic acids is 1. The van der Waals surface area contributed by atoms with Gasteiger partial charge in [0.2, 0.25) is 0 Å². The predicted octanol–water partition coefficient (Wildman–Crippen LogP) is 3.06. The van der Waals surface area contributed by atoms with Gasteiger partial charge in [-0.2, -0.15) is 0 Å². The molecule has 5 nitrogen and oxygen atoms in total. The molecule has 20 heavy (non-hydrogen) atoms. The van der Waals surface area contributed by atoms with Gasteiger partial charge in [0, 0.05) is 6.20 Å². The highest BCUT2D eigenvalue weighted by Crippen LogP contribution is 2.32. The van der Waals surface area contributed by atoms with Crippen molar-refractivity contribution < 1.29 is 15.0 Å². The Balaban J connectivity index is 2.38. The van der Waals surface area contributed by atoms with Gasteiger partial charge in [-0.15, -0.1) is 0 Å². The van der Waals surface area contributed by atoms with Crippen molar-refractivity contribution in [3.8, 4) is 17.1 Å². The Labute approximate surface area is 118 Å². The average molecular weight is 289 g/mol. The van der Waals surface area contributed by atoms with Gasteiger partial charge in [-0.3, -0.25) is 4.40 Å². The lowest BCUT2D eigenvalue weighted by Gasteiger charge is -2.04. The Kier molecular flexibility index (Phi) is 2.84. The van der Waals surface area contributed by atoms with Crippen LogP contribution in [0.3, 0.4) is 0 Å². The molecule has 0 bridgehead atoms. The van der Waals surface area contributed by atoms with Crippen molar-refractivity contribution in [3.63, 3.8) is 0 Å². The number of imidazole rings is 1. The summed E-state index contributed by atoms with van der Waals surface area (Å²) in [5, 5.41) is 19.2. The van der Waals surface area contributed by atoms with Crippen molar-refractivity contribution in [2.75, 3.05) is 0 Å². The van der Waals surface area contributed by atoms with Gasteiger partial charge in [-0.05, 0) is 24.3 Å². The van der Waals surface area contributed by atoms with E-state index < -0.39 is 5.97 Å². The van der Waals surface area contributed by atoms with Crippen LogP contribution in [0.4, 0.5) is 0 Å². The van der Waals surface area contributed by atoms with E-state index in [2.05, 4.69) is 4.98 Å². The van der Waals surface area contributed by atoms with E-state index in [0.717, 1.165) is 0 Å². The van der Waals surface area contributed by atoms with Crippen LogP contribution in [0.15, 0.2) is 42.6 Å². The van der Waals surface area contributed by atoms with Crippen LogP contribution in [0, 0.1) is 0 Å². The number of hydrogen-bond acceptors (Lipinski definition) is 3. The third-order valence-electron chi connectivity index (χ3n) is 3.00. The van der Waals surface area contributed by atoms with Crippen LogP contribution in [-0.2, 0) is 0 Å². The lowest BCUT2D eigenvalue weighted by atomic mass is 10.2. The zero-order valence-electron chi connectivity index (χ0n) is 10.1. The molecule has 0 aliphatic rings. The Morgan fingerprint density at radius 2 is 1.95 bits per heavy atom. The molecule has 3 aromatic rings. The number of fused-ring (bicyclic) bond motifs is 1. The average Bonchev–Trinajstić information content (AvgIpc) is 2.77. The number of rotatable bonds is 2. The second kappa shape index (κ2) is 4.54. The summed E-state index contributed by atoms with van der Waals surface area (Å²) in [6.07, 6.45) is 1.66. The number of carbonyl (C=O) groups is 1. The molecule has 0 atom stereocenters. The van der Waals surface area contributed by atoms with E-state index in [0.29, 0.717) is 16.9 Å². The molecule has 2 heterocycles. The summed E-state index contributed by atoms with van der Waals surface area (Å²) in [5.41, 5.74) is 0.850. The number of halogens is 1. The summed E-state index contributed by atoms with van der Waals surface area (Å²) in [7, 11) is 0. The number of phenolic OH excluding ortho intramolecular Hbond substituents is 1. The predicted molar refractivity (Wildman–Crippen MR) is 74.3 cm³/mol. The first-order valence-corrected chi connectivity index (χ1v) is 6.15. The number of aromatic carboxylic acids is 1. The number of benzene rings is 1. The molecule has 0 amide bonds. The van der Waals surface area contributed by atoms with Crippen molar-refractivity contribution in [1.29, 1.82) is 0 Å². The molecule has 0 saturated carbocycles. The fourth-order valence-corrected chi connectivity index (χ4v) is 2.39. The van der Waals surface area contributed by atoms with Crippen LogP contribution < -0.4 is 0 Å². The third kappa shape index (κ3) is 1.80. The molecular weight excluding hydrogens is 280 g/mol. The Morgan fingerprint density at radius 3 is 2.65 bits per heavy atom. The minimum Gasteiger partial charge on any atom is -0.507 e. The smallest absolute Gasteiger partial charge is 0.337 e. The minimum absolute atomic E-state index is 0.0526. The van der Waals surface area contributed by atoms with Crippen molar-refractivity contribution >= 4 is 23.1 Å². The summed E-state index contributed by atoms with van der Waals surface area (Å²) in [4.78, 5) is 15.4. The van der Waals surface area contributed by atoms with E-state index in [1.165, 1.54) is 12.1 Å². The first-order valence-electron chi connectivity index (χ1n) is 5.78. The molecule has 1 aromatic carbocycles. The maximum absolute atomic E-state index is 11.2. The van der Waals surface area contributed by atoms with Crippen LogP contribution in [0.1, 0.15) is 10.4 Å². The topological polar surface area (TPSA) is 74.8 Å². The lowest BCUT2D eigenvalue weighted by molar-refractivity contribution is 0.0698. The van der Waals surface area contributed by atoms with Gasteiger partial charge in [0.05, 0.1) is 16.6 Å². The molecule has 100 valence electrons. The first-order chi connectivity index (χ1) is 9.59. The van der Waals surface area contributed by atoms with Crippen LogP contribution >= 0.6 is 11.6 Å². The largest absolute Gasteiger partial charge is 0.507 e. The highest BCUT2D eigenvalue weighted by Gasteiger charge is 2.19. The van der Waals surface area contributed by atoms with E-state index in [-0.39, 0.29) is 16.5 Å². The van der Waals surface area contributed by atoms with E-state index in [1.54, 1.807) is 34.9 Å². The number of aromatic hydroxyl groups is 1. The number of carboxylic acid groups (broad SMARTS) is 1. The summed E-state index contributed by atoms with van der Waals surface area (Å²) >= 11 is 6.05. The highest BCUT2D eigenvalue weighted by molar-refractivity contribution is 6.33. The lowest BCUT2D eigenvalue weighted by Crippen LogP contribution is -2.00. The molecule has 0 spiro atoms. The summed E-state index contributed by atoms with van der Waals surface area (Å²) in [6.45, 7) is 0. The molecule has 6 heteroatoms. The van der Waals surface area contributed by atoms with Gasteiger partial charge < -0.3 is 10.2 Å². The molecule has 2 N–H and O–H groups in total. The van der Waals surface area contributed by atoms with Gasteiger partial charge in [0.15, 0.2) is 5.15 Å². The maximum Gasteiger partial charge on any atom is 0.337 e. The van der Waals surface area contributed by atoms with Crippen molar-refractivity contribution in [1.82, 2.24) is 9.38 Å². The van der Waals surface area contributed by atoms with E-state index in [4.69, 9.17) is 11.6 Å². The SMILES string of the molecule is O=C(O)c1cccn2c(-c3ccccc3O)nc(Cl)c12. The number of phenols is 1. The van der Waals surface area contributed by atoms with E-state index >= 15 is 0 Å². The first kappa shape index (κ1) is 12.5. The molecule has 2 aromatic heterocycles. The zero-order chi connectivity index (χ0) is 14.3. The fraction of sp³-hybridized carbons (Fsp3) is 0. The van der Waals surface area contributed by atoms with E-state index in [9.17, 15) is 15.0 Å². The molecule has 3 rings (SSSR count). The Morgan fingerprint density at radius 1 is 1.20 bits per heavy atom. The van der Waals surface area contributed by atoms with Crippen molar-refractivity contribution in [2.24, 2.45) is 0 Å². The van der Waals surface area contributed by atoms with Crippen LogP contribution in [0.25, 0.3) is 16.9 Å². The van der Waals surface area contributed by atoms with E-state index in [1.807, 2.05) is 0 Å². The molecule has 0 aliphatic carbocycles. The van der Waals surface area contributed by atoms with Gasteiger partial charge in [0.1, 0.15) is 11.6 Å². The maximum atomic E-state index is 11.2. The normalized spacial score (nSPS) is 10.8. The number of pyridine rings is 1. The number of nitrogens with zero attached hydrogens (tertiary/aromatic N) is 2. The van der Waals surface area contributed by atoms with Gasteiger partial charge in [-0.25, -0.2) is 9.78 Å². The number of aromatic nitrogens is 2. The van der Waals surface area contributed by atoms with Crippen molar-refractivity contribution in [2.45, 2.75) is 0 Å². The second-order valence-corrected chi connectivity index (χ2v) is 4.55. The van der Waals surface area contributed by atoms with Crippen molar-refractivity contribution in [3.05, 3.63) is 53.3 Å². The zero-order valence-corrected chi connectivity index (χ0v) is 10.9. The summed E-state index contributed by atoms with van der Waals surface area (Å²) in [6, 6.07) is 9.72. The fourth-order valence-electron chi connectivity index (χ4n) is 2.12. The van der Waals surface area contributed by atoms with Crippen LogP contribution in [0.5, 0.6) is 5.75 Å². The molecule has 0 fully saturated rings. The quantitative estimate of drug-likeness (QED) is 0.760. The van der Waals surface area contributed by atoms with Crippen LogP contribution in [0.2, 0.25) is 5.15 Å². The van der Waals surface area contributed by atoms with Gasteiger partial charge in [0.25, 0.3) is 0 Å². The molecular formula is C14H9ClN2O3. The molecule has 0 aliphatic heterocycles.